The van der Waals surface area contributed by atoms with Crippen LogP contribution in [0.25, 0.3) is 0 Å². The molecule has 0 unspecified atom stereocenters. The van der Waals surface area contributed by atoms with Crippen LogP contribution in [0.5, 0.6) is 0 Å². The van der Waals surface area contributed by atoms with Gasteiger partial charge in [0.1, 0.15) is 0 Å². The smallest absolute Gasteiger partial charge is 0.263 e. The lowest BCUT2D eigenvalue weighted by Crippen LogP contribution is -2.71. The SMILES string of the molecule is O=C(F)[C@](F)(OC(F)(F)[C@](F)(OC(F)(F)C(F)(F)O[C@](F)(C(F)(F)F)C(F)(F)O[C@](F)(C(F)(F)F)C(F)(F)O[C@@](F)(C(=O)F)C(F)(F)F)C(F)(F)F)C(F)(F)F. The molecule has 0 heterocycles. The van der Waals surface area contributed by atoms with Crippen molar-refractivity contribution in [2.45, 2.75) is 90.7 Å². The Hall–Kier alpha value is -3.10. The molecule has 56 heavy (non-hydrogen) atoms. The zero-order chi connectivity index (χ0) is 46.2. The lowest BCUT2D eigenvalue weighted by atomic mass is 10.2. The maximum absolute atomic E-state index is 14.4. The molecule has 0 aliphatic heterocycles. The van der Waals surface area contributed by atoms with Crippen molar-refractivity contribution in [3.63, 3.8) is 0 Å². The molecule has 0 aliphatic rings. The van der Waals surface area contributed by atoms with Gasteiger partial charge < -0.3 is 0 Å². The van der Waals surface area contributed by atoms with Gasteiger partial charge in [-0.3, -0.25) is 33.3 Å². The number of alkyl halides is 30. The Labute approximate surface area is 278 Å². The first kappa shape index (κ1) is 52.9. The zero-order valence-corrected chi connectivity index (χ0v) is 23.5. The van der Waals surface area contributed by atoms with Gasteiger partial charge in [-0.1, -0.05) is 0 Å². The van der Waals surface area contributed by atoms with Crippen molar-refractivity contribution in [2.75, 3.05) is 0 Å². The van der Waals surface area contributed by atoms with E-state index in [1.165, 1.54) is 0 Å². The van der Waals surface area contributed by atoms with Gasteiger partial charge in [0.15, 0.2) is 0 Å². The molecule has 0 fully saturated rings. The van der Waals surface area contributed by atoms with E-state index in [2.05, 4.69) is 0 Å². The molecule has 0 spiro atoms. The lowest BCUT2D eigenvalue weighted by molar-refractivity contribution is -0.594. The molecule has 0 aromatic carbocycles. The van der Waals surface area contributed by atoms with E-state index < -0.39 is 103 Å². The van der Waals surface area contributed by atoms with Crippen molar-refractivity contribution < 1.29 is 174 Å². The van der Waals surface area contributed by atoms with Crippen LogP contribution < -0.4 is 0 Å². The zero-order valence-electron chi connectivity index (χ0n) is 23.5. The van der Waals surface area contributed by atoms with Gasteiger partial charge in [-0.25, -0.2) is 0 Å². The fraction of sp³-hybridized carbons (Fsp3) is 0.882. The number of hydrogen-bond acceptors (Lipinski definition) is 7. The molecule has 7 nitrogen and oxygen atoms in total. The molecule has 0 saturated heterocycles. The van der Waals surface area contributed by atoms with E-state index in [4.69, 9.17) is 0 Å². The summed E-state index contributed by atoms with van der Waals surface area (Å²) in [6, 6.07) is -10.4. The van der Waals surface area contributed by atoms with Crippen LogP contribution in [-0.2, 0) is 33.3 Å². The third-order valence-corrected chi connectivity index (χ3v) is 5.13. The average Bonchev–Trinajstić information content (AvgIpc) is 2.87. The van der Waals surface area contributed by atoms with Gasteiger partial charge in [-0.05, 0) is 0 Å². The van der Waals surface area contributed by atoms with Crippen LogP contribution in [0.15, 0.2) is 0 Å². The molecule has 0 saturated carbocycles. The number of rotatable bonds is 16. The van der Waals surface area contributed by atoms with Gasteiger partial charge in [-0.15, -0.1) is 0 Å². The van der Waals surface area contributed by atoms with Gasteiger partial charge in [0.2, 0.25) is 0 Å². The third-order valence-electron chi connectivity index (χ3n) is 5.13. The van der Waals surface area contributed by atoms with E-state index in [-0.39, 0.29) is 0 Å². The van der Waals surface area contributed by atoms with E-state index in [0.29, 0.717) is 0 Å². The Bertz CT molecular complexity index is 1440. The summed E-state index contributed by atoms with van der Waals surface area (Å²) in [5, 5.41) is 0. The molecule has 0 amide bonds. The maximum Gasteiger partial charge on any atom is 0.459 e. The summed E-state index contributed by atoms with van der Waals surface area (Å²) in [5.74, 6) is -42.9. The van der Waals surface area contributed by atoms with E-state index >= 15 is 0 Å². The van der Waals surface area contributed by atoms with Crippen molar-refractivity contribution in [3.05, 3.63) is 0 Å². The summed E-state index contributed by atoms with van der Waals surface area (Å²) in [4.78, 5) is 20.2. The van der Waals surface area contributed by atoms with Gasteiger partial charge >= 0.3 is 103 Å². The molecule has 0 bridgehead atoms. The topological polar surface area (TPSA) is 80.3 Å². The van der Waals surface area contributed by atoms with Crippen molar-refractivity contribution in [3.8, 4) is 0 Å². The molecule has 0 N–H and O–H groups in total. The molecule has 0 rings (SSSR count). The fourth-order valence-electron chi connectivity index (χ4n) is 2.46. The highest BCUT2D eigenvalue weighted by atomic mass is 19.4. The Morgan fingerprint density at radius 2 is 0.411 bits per heavy atom. The maximum atomic E-state index is 14.4. The standard InChI is InChI=1S/C17F32O7/c18-1(50)3(20,8(25,26)27)52-13(40,41)5(22,10(31,32)33)54-15(44,45)7(24,12(37,38)39)56-17(48,49)16(46,47)55-6(23,11(34,35)36)14(42,43)53-4(21,2(19)51)9(28,29)30/t3-,4-,5+,6+,7+/m0/s1. The van der Waals surface area contributed by atoms with E-state index in [1.54, 1.807) is 0 Å². The lowest BCUT2D eigenvalue weighted by Gasteiger charge is -2.43. The number of carbonyl (C=O) groups is 2. The summed E-state index contributed by atoms with van der Waals surface area (Å²) in [6.07, 6.45) is -87.2. The summed E-state index contributed by atoms with van der Waals surface area (Å²) >= 11 is 0. The molecular formula is C17F32O7. The Balaban J connectivity index is 7.65. The molecule has 0 aromatic rings. The van der Waals surface area contributed by atoms with Crippen molar-refractivity contribution in [2.24, 2.45) is 0 Å². The number of ether oxygens (including phenoxy) is 5. The third kappa shape index (κ3) is 8.82. The monoisotopic (exact) mass is 924 g/mol. The molecular weight excluding hydrogens is 924 g/mol. The second-order valence-corrected chi connectivity index (χ2v) is 9.11. The normalized spacial score (nSPS) is 20.6. The summed E-state index contributed by atoms with van der Waals surface area (Å²) < 4.78 is 430. The molecule has 5 atom stereocenters. The quantitative estimate of drug-likeness (QED) is 0.113. The summed E-state index contributed by atoms with van der Waals surface area (Å²) in [5.41, 5.74) is 0. The van der Waals surface area contributed by atoms with Crippen molar-refractivity contribution >= 4 is 12.1 Å². The number of hydrogen-bond donors (Lipinski definition) is 0. The second kappa shape index (κ2) is 14.0. The van der Waals surface area contributed by atoms with Gasteiger partial charge in [0.25, 0.3) is 0 Å². The van der Waals surface area contributed by atoms with Crippen molar-refractivity contribution in [1.82, 2.24) is 0 Å². The van der Waals surface area contributed by atoms with Crippen LogP contribution in [0.1, 0.15) is 0 Å². The van der Waals surface area contributed by atoms with E-state index in [9.17, 15) is 150 Å². The predicted octanol–water partition coefficient (Wildman–Crippen LogP) is 9.17. The highest BCUT2D eigenvalue weighted by molar-refractivity contribution is 5.78. The van der Waals surface area contributed by atoms with Gasteiger partial charge in [0.05, 0.1) is 0 Å². The Kier molecular flexibility index (Phi) is 13.3. The minimum absolute atomic E-state index is 0.798. The Morgan fingerprint density at radius 3 is 0.554 bits per heavy atom. The highest BCUT2D eigenvalue weighted by Gasteiger charge is 2.89. The first-order valence-electron chi connectivity index (χ1n) is 11.2. The summed E-state index contributed by atoms with van der Waals surface area (Å²) in [7, 11) is 0. The van der Waals surface area contributed by atoms with Gasteiger partial charge in [-0.2, -0.15) is 140 Å². The van der Waals surface area contributed by atoms with E-state index in [0.717, 1.165) is 23.7 Å². The van der Waals surface area contributed by atoms with Crippen LogP contribution in [-0.4, -0.2) is 103 Å². The van der Waals surface area contributed by atoms with E-state index in [1.807, 2.05) is 0 Å². The summed E-state index contributed by atoms with van der Waals surface area (Å²) in [6.45, 7) is 0. The molecule has 39 heteroatoms. The van der Waals surface area contributed by atoms with Crippen LogP contribution in [0, 0.1) is 0 Å². The fourth-order valence-corrected chi connectivity index (χ4v) is 2.46. The first-order chi connectivity index (χ1) is 23.7. The van der Waals surface area contributed by atoms with Crippen molar-refractivity contribution in [1.29, 1.82) is 0 Å². The van der Waals surface area contributed by atoms with Gasteiger partial charge in [0, 0.05) is 0 Å². The number of carbonyl (C=O) groups excluding carboxylic acids is 2. The first-order valence-corrected chi connectivity index (χ1v) is 11.2. The minimum Gasteiger partial charge on any atom is -0.263 e. The Morgan fingerprint density at radius 1 is 0.250 bits per heavy atom. The van der Waals surface area contributed by atoms with Crippen LogP contribution in [0.4, 0.5) is 140 Å². The largest absolute Gasteiger partial charge is 0.459 e. The van der Waals surface area contributed by atoms with Crippen LogP contribution in [0.2, 0.25) is 0 Å². The predicted molar refractivity (Wildman–Crippen MR) is 91.9 cm³/mol. The molecule has 0 radical (unpaired) electrons. The highest BCUT2D eigenvalue weighted by Crippen LogP contribution is 2.60. The average molecular weight is 924 g/mol. The molecule has 0 aromatic heterocycles. The second-order valence-electron chi connectivity index (χ2n) is 9.11. The number of halogens is 32. The van der Waals surface area contributed by atoms with Crippen LogP contribution in [0.3, 0.4) is 0 Å². The molecule has 334 valence electrons. The van der Waals surface area contributed by atoms with Crippen LogP contribution >= 0.6 is 0 Å². The minimum atomic E-state index is -9.30. The molecule has 0 aliphatic carbocycles.